The number of nitrogens with one attached hydrogen (secondary N) is 1. The topological polar surface area (TPSA) is 15.3 Å². The van der Waals surface area contributed by atoms with E-state index in [0.29, 0.717) is 0 Å². The van der Waals surface area contributed by atoms with E-state index in [0.717, 1.165) is 12.5 Å². The van der Waals surface area contributed by atoms with Crippen molar-refractivity contribution in [1.82, 2.24) is 10.2 Å². The highest BCUT2D eigenvalue weighted by atomic mass is 15.1. The van der Waals surface area contributed by atoms with E-state index in [9.17, 15) is 0 Å². The van der Waals surface area contributed by atoms with Gasteiger partial charge in [-0.2, -0.15) is 0 Å². The third-order valence-corrected chi connectivity index (χ3v) is 2.96. The molecule has 82 valence electrons. The van der Waals surface area contributed by atoms with Crippen LogP contribution in [0.2, 0.25) is 0 Å². The van der Waals surface area contributed by atoms with Crippen LogP contribution in [0.15, 0.2) is 12.2 Å². The third kappa shape index (κ3) is 4.25. The first-order valence-corrected chi connectivity index (χ1v) is 5.90. The van der Waals surface area contributed by atoms with Crippen LogP contribution in [-0.2, 0) is 0 Å². The van der Waals surface area contributed by atoms with Gasteiger partial charge in [0.25, 0.3) is 0 Å². The van der Waals surface area contributed by atoms with Gasteiger partial charge in [-0.15, -0.1) is 0 Å². The number of likely N-dealkylation sites (tertiary alicyclic amines) is 1. The lowest BCUT2D eigenvalue weighted by molar-refractivity contribution is 0.206. The van der Waals surface area contributed by atoms with E-state index in [1.54, 1.807) is 0 Å². The molecule has 1 N–H and O–H groups in total. The summed E-state index contributed by atoms with van der Waals surface area (Å²) in [5.74, 6) is 0.806. The molecule has 0 aromatic rings. The van der Waals surface area contributed by atoms with Crippen LogP contribution < -0.4 is 5.32 Å². The molecule has 1 rings (SSSR count). The highest BCUT2D eigenvalue weighted by Gasteiger charge is 2.15. The molecular formula is C12H24N2. The molecule has 0 radical (unpaired) electrons. The van der Waals surface area contributed by atoms with E-state index in [2.05, 4.69) is 29.3 Å². The van der Waals surface area contributed by atoms with Crippen molar-refractivity contribution in [2.75, 3.05) is 33.2 Å². The number of hydrogen-bond donors (Lipinski definition) is 1. The monoisotopic (exact) mass is 196 g/mol. The van der Waals surface area contributed by atoms with E-state index < -0.39 is 0 Å². The van der Waals surface area contributed by atoms with Gasteiger partial charge in [0.2, 0.25) is 0 Å². The molecule has 1 aliphatic rings. The lowest BCUT2D eigenvalue weighted by Gasteiger charge is -2.30. The minimum Gasteiger partial charge on any atom is -0.319 e. The lowest BCUT2D eigenvalue weighted by atomic mass is 9.97. The minimum absolute atomic E-state index is 0.806. The summed E-state index contributed by atoms with van der Waals surface area (Å²) < 4.78 is 0. The molecule has 1 atom stereocenters. The van der Waals surface area contributed by atoms with Gasteiger partial charge in [0.15, 0.2) is 0 Å². The van der Waals surface area contributed by atoms with E-state index in [1.807, 2.05) is 7.05 Å². The van der Waals surface area contributed by atoms with Gasteiger partial charge in [0, 0.05) is 6.54 Å². The molecular weight excluding hydrogens is 172 g/mol. The number of hydrogen-bond acceptors (Lipinski definition) is 2. The molecule has 14 heavy (non-hydrogen) atoms. The van der Waals surface area contributed by atoms with Crippen molar-refractivity contribution in [3.05, 3.63) is 12.2 Å². The summed E-state index contributed by atoms with van der Waals surface area (Å²) in [6, 6.07) is 0. The quantitative estimate of drug-likeness (QED) is 0.533. The Balaban J connectivity index is 2.19. The van der Waals surface area contributed by atoms with Gasteiger partial charge < -0.3 is 10.2 Å². The Morgan fingerprint density at radius 3 is 3.07 bits per heavy atom. The second-order valence-electron chi connectivity index (χ2n) is 4.12. The third-order valence-electron chi connectivity index (χ3n) is 2.96. The van der Waals surface area contributed by atoms with Crippen LogP contribution in [0, 0.1) is 5.92 Å². The van der Waals surface area contributed by atoms with Crippen LogP contribution in [0.1, 0.15) is 26.2 Å². The fraction of sp³-hybridized carbons (Fsp3) is 0.833. The summed E-state index contributed by atoms with van der Waals surface area (Å²) in [7, 11) is 2.01. The molecule has 0 aromatic heterocycles. The Morgan fingerprint density at radius 1 is 1.50 bits per heavy atom. The summed E-state index contributed by atoms with van der Waals surface area (Å²) in [6.45, 7) is 7.14. The Morgan fingerprint density at radius 2 is 2.36 bits per heavy atom. The maximum atomic E-state index is 3.16. The fourth-order valence-electron chi connectivity index (χ4n) is 2.05. The van der Waals surface area contributed by atoms with Crippen molar-refractivity contribution in [2.24, 2.45) is 5.92 Å². The summed E-state index contributed by atoms with van der Waals surface area (Å²) in [6.07, 6.45) is 8.67. The molecule has 0 bridgehead atoms. The van der Waals surface area contributed by atoms with E-state index in [4.69, 9.17) is 0 Å². The van der Waals surface area contributed by atoms with Crippen LogP contribution in [-0.4, -0.2) is 38.1 Å². The van der Waals surface area contributed by atoms with Crippen molar-refractivity contribution in [2.45, 2.75) is 26.2 Å². The van der Waals surface area contributed by atoms with Gasteiger partial charge in [0.1, 0.15) is 0 Å². The molecule has 1 heterocycles. The molecule has 2 heteroatoms. The summed E-state index contributed by atoms with van der Waals surface area (Å²) in [4.78, 5) is 2.55. The molecule has 0 spiro atoms. The molecule has 2 nitrogen and oxygen atoms in total. The van der Waals surface area contributed by atoms with Crippen molar-refractivity contribution in [3.8, 4) is 0 Å². The fourth-order valence-corrected chi connectivity index (χ4v) is 2.05. The largest absolute Gasteiger partial charge is 0.319 e. The average Bonchev–Trinajstić information content (AvgIpc) is 2.25. The Labute approximate surface area is 88.4 Å². The van der Waals surface area contributed by atoms with Gasteiger partial charge in [-0.3, -0.25) is 0 Å². The van der Waals surface area contributed by atoms with Crippen molar-refractivity contribution < 1.29 is 0 Å². The maximum absolute atomic E-state index is 3.16. The van der Waals surface area contributed by atoms with Crippen molar-refractivity contribution in [3.63, 3.8) is 0 Å². The molecule has 0 aromatic carbocycles. The van der Waals surface area contributed by atoms with Gasteiger partial charge in [-0.05, 0) is 51.9 Å². The van der Waals surface area contributed by atoms with Gasteiger partial charge in [-0.25, -0.2) is 0 Å². The smallest absolute Gasteiger partial charge is 0.00442 e. The second kappa shape index (κ2) is 7.02. The molecule has 1 saturated heterocycles. The highest BCUT2D eigenvalue weighted by Crippen LogP contribution is 2.17. The highest BCUT2D eigenvalue weighted by molar-refractivity contribution is 4.92. The summed E-state index contributed by atoms with van der Waals surface area (Å²) in [5, 5.41) is 3.16. The first-order valence-electron chi connectivity index (χ1n) is 5.90. The molecule has 0 aliphatic carbocycles. The van der Waals surface area contributed by atoms with Crippen LogP contribution >= 0.6 is 0 Å². The number of nitrogens with zero attached hydrogens (tertiary/aromatic N) is 1. The molecule has 0 amide bonds. The predicted molar refractivity (Wildman–Crippen MR) is 62.5 cm³/mol. The van der Waals surface area contributed by atoms with Crippen LogP contribution in [0.5, 0.6) is 0 Å². The zero-order valence-electron chi connectivity index (χ0n) is 9.63. The minimum atomic E-state index is 0.806. The predicted octanol–water partition coefficient (Wildman–Crippen LogP) is 1.88. The summed E-state index contributed by atoms with van der Waals surface area (Å²) in [5.41, 5.74) is 0. The van der Waals surface area contributed by atoms with E-state index in [1.165, 1.54) is 38.9 Å². The van der Waals surface area contributed by atoms with Gasteiger partial charge in [-0.1, -0.05) is 19.1 Å². The van der Waals surface area contributed by atoms with Crippen LogP contribution in [0.25, 0.3) is 0 Å². The van der Waals surface area contributed by atoms with E-state index in [-0.39, 0.29) is 0 Å². The zero-order chi connectivity index (χ0) is 10.2. The average molecular weight is 196 g/mol. The Bertz CT molecular complexity index is 166. The van der Waals surface area contributed by atoms with Crippen LogP contribution in [0.4, 0.5) is 0 Å². The van der Waals surface area contributed by atoms with Crippen molar-refractivity contribution >= 4 is 0 Å². The molecule has 0 saturated carbocycles. The maximum Gasteiger partial charge on any atom is 0.00442 e. The number of rotatable bonds is 5. The van der Waals surface area contributed by atoms with Gasteiger partial charge >= 0.3 is 0 Å². The number of piperidine rings is 1. The first kappa shape index (κ1) is 11.7. The van der Waals surface area contributed by atoms with E-state index >= 15 is 0 Å². The Hall–Kier alpha value is -0.340. The molecule has 1 aliphatic heterocycles. The van der Waals surface area contributed by atoms with Gasteiger partial charge in [0.05, 0.1) is 0 Å². The second-order valence-corrected chi connectivity index (χ2v) is 4.12. The first-order chi connectivity index (χ1) is 6.86. The lowest BCUT2D eigenvalue weighted by Crippen LogP contribution is -2.34. The van der Waals surface area contributed by atoms with Crippen LogP contribution in [0.3, 0.4) is 0 Å². The molecule has 1 unspecified atom stereocenters. The zero-order valence-corrected chi connectivity index (χ0v) is 9.63. The molecule has 1 fully saturated rings. The summed E-state index contributed by atoms with van der Waals surface area (Å²) >= 11 is 0. The normalized spacial score (nSPS) is 24.6. The SMILES string of the molecule is CCN1CCCC(/C=C\CCNC)C1. The Kier molecular flexibility index (Phi) is 5.88. The van der Waals surface area contributed by atoms with Crippen molar-refractivity contribution in [1.29, 1.82) is 0 Å². The standard InChI is InChI=1S/C12H24N2/c1-3-14-10-6-8-12(11-14)7-4-5-9-13-2/h4,7,12-13H,3,5-6,8-11H2,1-2H3/b7-4-.